The molecule has 1 fully saturated rings. The average molecular weight is 353 g/mol. The minimum atomic E-state index is -2.93. The molecule has 8 heteroatoms. The van der Waals surface area contributed by atoms with Gasteiger partial charge in [0.1, 0.15) is 17.5 Å². The van der Waals surface area contributed by atoms with E-state index in [1.165, 1.54) is 0 Å². The summed E-state index contributed by atoms with van der Waals surface area (Å²) in [5, 5.41) is 6.93. The zero-order chi connectivity index (χ0) is 16.4. The zero-order valence-electron chi connectivity index (χ0n) is 12.6. The van der Waals surface area contributed by atoms with E-state index in [1.807, 2.05) is 18.2 Å². The standard InChI is InChI=1S/C15H17ClN4O2S/c1-10-17-14(19-11-6-7-23(21,22)9-11)8-15(18-10)20-13-5-3-2-4-12(13)16/h2-5,8,11H,6-7,9H2,1H3,(H2,17,18,19,20). The van der Waals surface area contributed by atoms with Gasteiger partial charge in [0.05, 0.1) is 22.2 Å². The van der Waals surface area contributed by atoms with E-state index in [1.54, 1.807) is 19.1 Å². The van der Waals surface area contributed by atoms with Crippen LogP contribution in [0.15, 0.2) is 30.3 Å². The summed E-state index contributed by atoms with van der Waals surface area (Å²) >= 11 is 6.13. The monoisotopic (exact) mass is 352 g/mol. The van der Waals surface area contributed by atoms with Crippen LogP contribution in [-0.2, 0) is 9.84 Å². The van der Waals surface area contributed by atoms with E-state index in [-0.39, 0.29) is 17.5 Å². The van der Waals surface area contributed by atoms with Crippen LogP contribution < -0.4 is 10.6 Å². The van der Waals surface area contributed by atoms with E-state index in [4.69, 9.17) is 11.6 Å². The van der Waals surface area contributed by atoms with Crippen LogP contribution in [0.3, 0.4) is 0 Å². The lowest BCUT2D eigenvalue weighted by Gasteiger charge is -2.14. The third-order valence-electron chi connectivity index (χ3n) is 3.56. The maximum absolute atomic E-state index is 11.5. The van der Waals surface area contributed by atoms with Gasteiger partial charge in [0.25, 0.3) is 0 Å². The number of benzene rings is 1. The molecule has 0 saturated carbocycles. The fourth-order valence-corrected chi connectivity index (χ4v) is 4.38. The van der Waals surface area contributed by atoms with Crippen molar-refractivity contribution in [2.45, 2.75) is 19.4 Å². The minimum Gasteiger partial charge on any atom is -0.366 e. The lowest BCUT2D eigenvalue weighted by atomic mass is 10.2. The SMILES string of the molecule is Cc1nc(Nc2ccccc2Cl)cc(NC2CCS(=O)(=O)C2)n1. The minimum absolute atomic E-state index is 0.109. The van der Waals surface area contributed by atoms with Crippen molar-refractivity contribution in [2.75, 3.05) is 22.1 Å². The van der Waals surface area contributed by atoms with Crippen molar-refractivity contribution < 1.29 is 8.42 Å². The second-order valence-corrected chi connectivity index (χ2v) is 8.17. The van der Waals surface area contributed by atoms with Crippen LogP contribution in [-0.4, -0.2) is 35.9 Å². The Morgan fingerprint density at radius 1 is 1.22 bits per heavy atom. The molecule has 1 atom stereocenters. The van der Waals surface area contributed by atoms with Crippen molar-refractivity contribution in [1.82, 2.24) is 9.97 Å². The number of halogens is 1. The smallest absolute Gasteiger partial charge is 0.152 e. The third-order valence-corrected chi connectivity index (χ3v) is 5.66. The van der Waals surface area contributed by atoms with Crippen LogP contribution in [0.1, 0.15) is 12.2 Å². The van der Waals surface area contributed by atoms with Gasteiger partial charge >= 0.3 is 0 Å². The molecule has 1 aliphatic heterocycles. The normalized spacial score (nSPS) is 19.5. The molecule has 1 saturated heterocycles. The van der Waals surface area contributed by atoms with Gasteiger partial charge in [-0.3, -0.25) is 0 Å². The first-order chi connectivity index (χ1) is 10.9. The molecule has 0 aliphatic carbocycles. The summed E-state index contributed by atoms with van der Waals surface area (Å²) in [4.78, 5) is 8.65. The first-order valence-corrected chi connectivity index (χ1v) is 9.45. The highest BCUT2D eigenvalue weighted by molar-refractivity contribution is 7.91. The van der Waals surface area contributed by atoms with Crippen molar-refractivity contribution in [1.29, 1.82) is 0 Å². The third kappa shape index (κ3) is 4.11. The Labute approximate surface area is 140 Å². The molecule has 0 amide bonds. The molecule has 23 heavy (non-hydrogen) atoms. The number of nitrogens with one attached hydrogen (secondary N) is 2. The van der Waals surface area contributed by atoms with Gasteiger partial charge in [-0.15, -0.1) is 0 Å². The number of hydrogen-bond donors (Lipinski definition) is 2. The van der Waals surface area contributed by atoms with E-state index >= 15 is 0 Å². The molecule has 122 valence electrons. The van der Waals surface area contributed by atoms with Crippen molar-refractivity contribution in [3.05, 3.63) is 41.2 Å². The van der Waals surface area contributed by atoms with Gasteiger partial charge in [-0.1, -0.05) is 23.7 Å². The van der Waals surface area contributed by atoms with E-state index in [0.29, 0.717) is 28.9 Å². The van der Waals surface area contributed by atoms with E-state index in [2.05, 4.69) is 20.6 Å². The van der Waals surface area contributed by atoms with Gasteiger partial charge in [-0.05, 0) is 25.5 Å². The highest BCUT2D eigenvalue weighted by Crippen LogP contribution is 2.25. The van der Waals surface area contributed by atoms with Crippen LogP contribution in [0.25, 0.3) is 0 Å². The Morgan fingerprint density at radius 2 is 1.96 bits per heavy atom. The van der Waals surface area contributed by atoms with Gasteiger partial charge in [-0.25, -0.2) is 18.4 Å². The number of nitrogens with zero attached hydrogens (tertiary/aromatic N) is 2. The maximum Gasteiger partial charge on any atom is 0.152 e. The number of anilines is 3. The molecule has 6 nitrogen and oxygen atoms in total. The lowest BCUT2D eigenvalue weighted by molar-refractivity contribution is 0.602. The first-order valence-electron chi connectivity index (χ1n) is 7.25. The first kappa shape index (κ1) is 16.0. The van der Waals surface area contributed by atoms with Crippen molar-refractivity contribution in [3.8, 4) is 0 Å². The van der Waals surface area contributed by atoms with E-state index in [0.717, 1.165) is 5.69 Å². The highest BCUT2D eigenvalue weighted by atomic mass is 35.5. The Balaban J connectivity index is 1.78. The summed E-state index contributed by atoms with van der Waals surface area (Å²) < 4.78 is 23.1. The molecular formula is C15H17ClN4O2S. The van der Waals surface area contributed by atoms with Crippen LogP contribution in [0, 0.1) is 6.92 Å². The molecular weight excluding hydrogens is 336 g/mol. The number of rotatable bonds is 4. The maximum atomic E-state index is 11.5. The molecule has 1 unspecified atom stereocenters. The van der Waals surface area contributed by atoms with Crippen molar-refractivity contribution >= 4 is 38.8 Å². The number of aryl methyl sites for hydroxylation is 1. The summed E-state index contributed by atoms with van der Waals surface area (Å²) in [6.07, 6.45) is 0.596. The Hall–Kier alpha value is -1.86. The molecule has 2 aromatic rings. The number of sulfone groups is 1. The van der Waals surface area contributed by atoms with Gasteiger partial charge in [0, 0.05) is 12.1 Å². The largest absolute Gasteiger partial charge is 0.366 e. The summed E-state index contributed by atoms with van der Waals surface area (Å²) in [5.41, 5.74) is 0.752. The average Bonchev–Trinajstić information content (AvgIpc) is 2.80. The van der Waals surface area contributed by atoms with Crippen molar-refractivity contribution in [3.63, 3.8) is 0 Å². The molecule has 2 N–H and O–H groups in total. The summed E-state index contributed by atoms with van der Waals surface area (Å²) in [7, 11) is -2.93. The summed E-state index contributed by atoms with van der Waals surface area (Å²) in [6.45, 7) is 1.79. The Bertz CT molecular complexity index is 826. The van der Waals surface area contributed by atoms with Crippen molar-refractivity contribution in [2.24, 2.45) is 0 Å². The second kappa shape index (κ2) is 6.33. The van der Waals surface area contributed by atoms with Gasteiger partial charge < -0.3 is 10.6 Å². The van der Waals surface area contributed by atoms with Gasteiger partial charge in [0.15, 0.2) is 9.84 Å². The fraction of sp³-hybridized carbons (Fsp3) is 0.333. The Kier molecular flexibility index (Phi) is 4.41. The fourth-order valence-electron chi connectivity index (χ4n) is 2.52. The lowest BCUT2D eigenvalue weighted by Crippen LogP contribution is -2.21. The molecule has 0 radical (unpaired) electrons. The van der Waals surface area contributed by atoms with Crippen LogP contribution >= 0.6 is 11.6 Å². The van der Waals surface area contributed by atoms with Crippen LogP contribution in [0.5, 0.6) is 0 Å². The molecule has 3 rings (SSSR count). The summed E-state index contributed by atoms with van der Waals surface area (Å²) in [5.74, 6) is 2.16. The molecule has 0 spiro atoms. The Morgan fingerprint density at radius 3 is 2.65 bits per heavy atom. The van der Waals surface area contributed by atoms with Crippen LogP contribution in [0.4, 0.5) is 17.3 Å². The quantitative estimate of drug-likeness (QED) is 0.880. The van der Waals surface area contributed by atoms with E-state index < -0.39 is 9.84 Å². The van der Waals surface area contributed by atoms with E-state index in [9.17, 15) is 8.42 Å². The van der Waals surface area contributed by atoms with Gasteiger partial charge in [0.2, 0.25) is 0 Å². The molecule has 1 aromatic carbocycles. The predicted molar refractivity (Wildman–Crippen MR) is 92.2 cm³/mol. The number of hydrogen-bond acceptors (Lipinski definition) is 6. The second-order valence-electron chi connectivity index (χ2n) is 5.53. The highest BCUT2D eigenvalue weighted by Gasteiger charge is 2.28. The molecule has 1 aliphatic rings. The molecule has 2 heterocycles. The number of para-hydroxylation sites is 1. The topological polar surface area (TPSA) is 84.0 Å². The molecule has 0 bridgehead atoms. The summed E-state index contributed by atoms with van der Waals surface area (Å²) in [6, 6.07) is 9.03. The van der Waals surface area contributed by atoms with Gasteiger partial charge in [-0.2, -0.15) is 0 Å². The zero-order valence-corrected chi connectivity index (χ0v) is 14.2. The molecule has 1 aromatic heterocycles. The predicted octanol–water partition coefficient (Wildman–Crippen LogP) is 2.78. The number of aromatic nitrogens is 2. The van der Waals surface area contributed by atoms with Crippen LogP contribution in [0.2, 0.25) is 5.02 Å².